The van der Waals surface area contributed by atoms with Crippen LogP contribution in [-0.2, 0) is 7.05 Å². The van der Waals surface area contributed by atoms with E-state index in [-0.39, 0.29) is 0 Å². The molecule has 2 rings (SSSR count). The fourth-order valence-corrected chi connectivity index (χ4v) is 1.79. The third kappa shape index (κ3) is 3.03. The predicted octanol–water partition coefficient (Wildman–Crippen LogP) is 2.84. The molecule has 0 aliphatic heterocycles. The maximum Gasteiger partial charge on any atom is 0.135 e. The Labute approximate surface area is 108 Å². The van der Waals surface area contributed by atoms with Gasteiger partial charge in [0.25, 0.3) is 0 Å². The number of nitrogens with zero attached hydrogens (tertiary/aromatic N) is 4. The van der Waals surface area contributed by atoms with Crippen LogP contribution in [0.4, 0.5) is 11.5 Å². The number of hydrogen-bond donors (Lipinski definition) is 1. The molecule has 0 unspecified atom stereocenters. The van der Waals surface area contributed by atoms with Gasteiger partial charge in [0.05, 0.1) is 11.9 Å². The van der Waals surface area contributed by atoms with Crippen LogP contribution < -0.4 is 5.32 Å². The molecule has 2 heterocycles. The monoisotopic (exact) mass is 295 g/mol. The van der Waals surface area contributed by atoms with Gasteiger partial charge in [0.1, 0.15) is 16.2 Å². The van der Waals surface area contributed by atoms with Crippen LogP contribution in [0.1, 0.15) is 25.6 Å². The van der Waals surface area contributed by atoms with Gasteiger partial charge < -0.3 is 5.32 Å². The van der Waals surface area contributed by atoms with Gasteiger partial charge in [0.2, 0.25) is 0 Å². The molecule has 0 bridgehead atoms. The van der Waals surface area contributed by atoms with E-state index in [1.54, 1.807) is 10.9 Å². The lowest BCUT2D eigenvalue weighted by Crippen LogP contribution is -2.01. The molecule has 90 valence electrons. The summed E-state index contributed by atoms with van der Waals surface area (Å²) in [5.74, 6) is 1.87. The third-order valence-corrected chi connectivity index (χ3v) is 2.61. The summed E-state index contributed by atoms with van der Waals surface area (Å²) in [5, 5.41) is 7.29. The molecule has 0 saturated carbocycles. The van der Waals surface area contributed by atoms with Crippen LogP contribution in [0.3, 0.4) is 0 Å². The Hall–Kier alpha value is -1.43. The van der Waals surface area contributed by atoms with Gasteiger partial charge in [-0.05, 0) is 15.9 Å². The van der Waals surface area contributed by atoms with Crippen molar-refractivity contribution in [3.8, 4) is 0 Å². The van der Waals surface area contributed by atoms with Crippen LogP contribution in [0.5, 0.6) is 0 Å². The van der Waals surface area contributed by atoms with Gasteiger partial charge in [0.15, 0.2) is 0 Å². The number of nitrogens with one attached hydrogen (secondary N) is 1. The standard InChI is InChI=1S/C11H14BrN5/c1-7(2)11-15-9(12)4-10(16-11)14-8-5-13-17(3)6-8/h4-7H,1-3H3,(H,14,15,16). The summed E-state index contributed by atoms with van der Waals surface area (Å²) in [6.07, 6.45) is 3.65. The smallest absolute Gasteiger partial charge is 0.135 e. The van der Waals surface area contributed by atoms with Gasteiger partial charge in [-0.15, -0.1) is 0 Å². The molecule has 0 amide bonds. The summed E-state index contributed by atoms with van der Waals surface area (Å²) < 4.78 is 2.52. The minimum absolute atomic E-state index is 0.293. The van der Waals surface area contributed by atoms with Gasteiger partial charge in [-0.2, -0.15) is 5.10 Å². The van der Waals surface area contributed by atoms with Crippen LogP contribution in [0.25, 0.3) is 0 Å². The van der Waals surface area contributed by atoms with E-state index in [1.165, 1.54) is 0 Å². The van der Waals surface area contributed by atoms with E-state index in [1.807, 2.05) is 19.3 Å². The summed E-state index contributed by atoms with van der Waals surface area (Å²) in [5.41, 5.74) is 0.910. The van der Waals surface area contributed by atoms with Crippen LogP contribution in [-0.4, -0.2) is 19.7 Å². The van der Waals surface area contributed by atoms with E-state index in [2.05, 4.69) is 50.2 Å². The molecular formula is C11H14BrN5. The maximum absolute atomic E-state index is 4.45. The second kappa shape index (κ2) is 4.83. The Balaban J connectivity index is 2.26. The van der Waals surface area contributed by atoms with Crippen molar-refractivity contribution in [2.24, 2.45) is 7.05 Å². The van der Waals surface area contributed by atoms with Crippen LogP contribution >= 0.6 is 15.9 Å². The van der Waals surface area contributed by atoms with Gasteiger partial charge in [-0.3, -0.25) is 4.68 Å². The topological polar surface area (TPSA) is 55.6 Å². The van der Waals surface area contributed by atoms with E-state index < -0.39 is 0 Å². The van der Waals surface area contributed by atoms with E-state index in [0.29, 0.717) is 5.92 Å². The second-order valence-corrected chi connectivity index (χ2v) is 4.93. The Bertz CT molecular complexity index is 520. The molecule has 0 radical (unpaired) electrons. The van der Waals surface area contributed by atoms with E-state index >= 15 is 0 Å². The molecule has 0 spiro atoms. The third-order valence-electron chi connectivity index (χ3n) is 2.21. The van der Waals surface area contributed by atoms with Crippen LogP contribution in [0, 0.1) is 0 Å². The predicted molar refractivity (Wildman–Crippen MR) is 70.3 cm³/mol. The molecule has 0 fully saturated rings. The number of aryl methyl sites for hydroxylation is 1. The van der Waals surface area contributed by atoms with E-state index in [4.69, 9.17) is 0 Å². The molecule has 0 saturated heterocycles. The fourth-order valence-electron chi connectivity index (χ4n) is 1.39. The van der Waals surface area contributed by atoms with Crippen molar-refractivity contribution >= 4 is 27.4 Å². The average molecular weight is 296 g/mol. The van der Waals surface area contributed by atoms with Crippen molar-refractivity contribution in [2.75, 3.05) is 5.32 Å². The second-order valence-electron chi connectivity index (χ2n) is 4.12. The molecule has 1 N–H and O–H groups in total. The first kappa shape index (κ1) is 12.0. The van der Waals surface area contributed by atoms with Crippen molar-refractivity contribution in [3.63, 3.8) is 0 Å². The molecule has 2 aromatic heterocycles. The highest BCUT2D eigenvalue weighted by atomic mass is 79.9. The molecule has 0 aromatic carbocycles. The molecule has 5 nitrogen and oxygen atoms in total. The van der Waals surface area contributed by atoms with Gasteiger partial charge in [-0.25, -0.2) is 9.97 Å². The zero-order chi connectivity index (χ0) is 12.4. The summed E-state index contributed by atoms with van der Waals surface area (Å²) in [4.78, 5) is 8.77. The van der Waals surface area contributed by atoms with Crippen LogP contribution in [0.15, 0.2) is 23.1 Å². The zero-order valence-corrected chi connectivity index (χ0v) is 11.6. The van der Waals surface area contributed by atoms with E-state index in [9.17, 15) is 0 Å². The quantitative estimate of drug-likeness (QED) is 0.885. The lowest BCUT2D eigenvalue weighted by molar-refractivity contribution is 0.767. The lowest BCUT2D eigenvalue weighted by atomic mass is 10.2. The average Bonchev–Trinajstić information content (AvgIpc) is 2.63. The number of rotatable bonds is 3. The highest BCUT2D eigenvalue weighted by molar-refractivity contribution is 9.10. The van der Waals surface area contributed by atoms with Crippen LogP contribution in [0.2, 0.25) is 0 Å². The molecule has 6 heteroatoms. The normalized spacial score (nSPS) is 10.9. The zero-order valence-electron chi connectivity index (χ0n) is 9.98. The first-order valence-corrected chi connectivity index (χ1v) is 6.14. The van der Waals surface area contributed by atoms with Gasteiger partial charge in [0, 0.05) is 25.2 Å². The summed E-state index contributed by atoms with van der Waals surface area (Å²) in [7, 11) is 1.88. The number of aromatic nitrogens is 4. The number of halogens is 1. The summed E-state index contributed by atoms with van der Waals surface area (Å²) in [6, 6.07) is 1.85. The minimum atomic E-state index is 0.293. The Morgan fingerprint density at radius 1 is 1.35 bits per heavy atom. The van der Waals surface area contributed by atoms with Gasteiger partial charge >= 0.3 is 0 Å². The Morgan fingerprint density at radius 2 is 2.12 bits per heavy atom. The highest BCUT2D eigenvalue weighted by Gasteiger charge is 2.07. The Morgan fingerprint density at radius 3 is 2.71 bits per heavy atom. The van der Waals surface area contributed by atoms with Crippen molar-refractivity contribution in [3.05, 3.63) is 28.9 Å². The van der Waals surface area contributed by atoms with Crippen molar-refractivity contribution in [1.29, 1.82) is 0 Å². The molecule has 2 aromatic rings. The van der Waals surface area contributed by atoms with Crippen molar-refractivity contribution in [2.45, 2.75) is 19.8 Å². The lowest BCUT2D eigenvalue weighted by Gasteiger charge is -2.08. The molecule has 0 aliphatic rings. The summed E-state index contributed by atoms with van der Waals surface area (Å²) >= 11 is 3.39. The molecule has 0 aliphatic carbocycles. The first-order valence-electron chi connectivity index (χ1n) is 5.35. The molecule has 17 heavy (non-hydrogen) atoms. The van der Waals surface area contributed by atoms with Gasteiger partial charge in [-0.1, -0.05) is 13.8 Å². The number of hydrogen-bond acceptors (Lipinski definition) is 4. The van der Waals surface area contributed by atoms with Crippen molar-refractivity contribution < 1.29 is 0 Å². The molecule has 0 atom stereocenters. The SMILES string of the molecule is CC(C)c1nc(Br)cc(Nc2cnn(C)c2)n1. The largest absolute Gasteiger partial charge is 0.338 e. The minimum Gasteiger partial charge on any atom is -0.338 e. The van der Waals surface area contributed by atoms with Crippen molar-refractivity contribution in [1.82, 2.24) is 19.7 Å². The Kier molecular flexibility index (Phi) is 3.42. The fraction of sp³-hybridized carbons (Fsp3) is 0.364. The number of anilines is 2. The maximum atomic E-state index is 4.45. The highest BCUT2D eigenvalue weighted by Crippen LogP contribution is 2.20. The van der Waals surface area contributed by atoms with E-state index in [0.717, 1.165) is 21.9 Å². The molecular weight excluding hydrogens is 282 g/mol. The summed E-state index contributed by atoms with van der Waals surface area (Å²) in [6.45, 7) is 4.13. The first-order chi connectivity index (χ1) is 8.04.